The van der Waals surface area contributed by atoms with Crippen LogP contribution < -0.4 is 5.32 Å². The first kappa shape index (κ1) is 23.4. The Hall–Kier alpha value is -0.260. The summed E-state index contributed by atoms with van der Waals surface area (Å²) in [6.07, 6.45) is 0.461. The van der Waals surface area contributed by atoms with E-state index < -0.39 is 37.3 Å². The molecule has 1 aromatic carbocycles. The Morgan fingerprint density at radius 1 is 1.17 bits per heavy atom. The number of aliphatic hydroxyl groups is 4. The lowest BCUT2D eigenvalue weighted by atomic mass is 9.94. The molecule has 1 aromatic rings. The van der Waals surface area contributed by atoms with Crippen molar-refractivity contribution in [1.29, 1.82) is 0 Å². The molecule has 0 bridgehead atoms. The smallest absolute Gasteiger partial charge is 0.157 e. The van der Waals surface area contributed by atoms with Gasteiger partial charge in [0.15, 0.2) is 6.23 Å². The zero-order chi connectivity index (χ0) is 21.1. The molecule has 2 fully saturated rings. The summed E-state index contributed by atoms with van der Waals surface area (Å²) in [5.74, 6) is 0. The zero-order valence-corrected chi connectivity index (χ0v) is 19.6. The van der Waals surface area contributed by atoms with E-state index in [0.29, 0.717) is 6.04 Å². The van der Waals surface area contributed by atoms with Crippen LogP contribution in [0.25, 0.3) is 0 Å². The zero-order valence-electron chi connectivity index (χ0n) is 16.5. The molecule has 3 rings (SSSR count). The molecule has 1 aliphatic carbocycles. The van der Waals surface area contributed by atoms with Gasteiger partial charge in [0, 0.05) is 21.5 Å². The lowest BCUT2D eigenvalue weighted by Gasteiger charge is -2.32. The van der Waals surface area contributed by atoms with E-state index in [9.17, 15) is 15.3 Å². The van der Waals surface area contributed by atoms with Gasteiger partial charge in [-0.1, -0.05) is 35.2 Å². The van der Waals surface area contributed by atoms with Crippen LogP contribution in [0.1, 0.15) is 37.7 Å². The molecule has 0 amide bonds. The lowest BCUT2D eigenvalue weighted by Crippen LogP contribution is -2.40. The highest BCUT2D eigenvalue weighted by molar-refractivity contribution is 9.11. The fourth-order valence-corrected chi connectivity index (χ4v) is 5.65. The fraction of sp³-hybridized carbons (Fsp3) is 0.700. The van der Waals surface area contributed by atoms with Crippen LogP contribution in [-0.4, -0.2) is 75.7 Å². The van der Waals surface area contributed by atoms with E-state index in [1.807, 2.05) is 12.1 Å². The highest BCUT2D eigenvalue weighted by Gasteiger charge is 2.46. The van der Waals surface area contributed by atoms with Crippen molar-refractivity contribution in [2.75, 3.05) is 19.0 Å². The summed E-state index contributed by atoms with van der Waals surface area (Å²) >= 11 is 7.13. The number of nitrogens with zero attached hydrogens (tertiary/aromatic N) is 1. The molecule has 1 aliphatic heterocycles. The highest BCUT2D eigenvalue weighted by Crippen LogP contribution is 2.35. The first-order valence-corrected chi connectivity index (χ1v) is 11.7. The average Bonchev–Trinajstić information content (AvgIpc) is 2.99. The number of benzene rings is 1. The Morgan fingerprint density at radius 2 is 1.86 bits per heavy atom. The van der Waals surface area contributed by atoms with Crippen molar-refractivity contribution < 1.29 is 25.2 Å². The topological polar surface area (TPSA) is 105 Å². The van der Waals surface area contributed by atoms with Crippen molar-refractivity contribution in [3.8, 4) is 0 Å². The van der Waals surface area contributed by atoms with Crippen LogP contribution >= 0.6 is 31.9 Å². The predicted octanol–water partition coefficient (Wildman–Crippen LogP) is 2.19. The van der Waals surface area contributed by atoms with Crippen molar-refractivity contribution in [3.05, 3.63) is 26.6 Å². The number of aliphatic hydroxyl groups excluding tert-OH is 4. The highest BCUT2D eigenvalue weighted by atomic mass is 79.9. The van der Waals surface area contributed by atoms with Gasteiger partial charge in [0.05, 0.1) is 12.3 Å². The third kappa shape index (κ3) is 5.51. The first-order chi connectivity index (χ1) is 13.8. The molecule has 7 nitrogen and oxygen atoms in total. The Kier molecular flexibility index (Phi) is 8.37. The minimum Gasteiger partial charge on any atom is -0.394 e. The van der Waals surface area contributed by atoms with Gasteiger partial charge in [0.1, 0.15) is 24.4 Å². The number of halogens is 2. The Bertz CT molecular complexity index is 689. The Balaban J connectivity index is 1.78. The van der Waals surface area contributed by atoms with Crippen LogP contribution in [0.5, 0.6) is 0 Å². The van der Waals surface area contributed by atoms with Crippen LogP contribution in [-0.2, 0) is 11.3 Å². The number of nitrogens with one attached hydrogen (secondary N) is 1. The summed E-state index contributed by atoms with van der Waals surface area (Å²) in [6.45, 7) is 0.166. The molecule has 0 aromatic heterocycles. The number of hydrogen-bond acceptors (Lipinski definition) is 7. The van der Waals surface area contributed by atoms with Gasteiger partial charge in [-0.2, -0.15) is 0 Å². The van der Waals surface area contributed by atoms with Crippen LogP contribution in [0.15, 0.2) is 21.1 Å². The van der Waals surface area contributed by atoms with E-state index in [0.717, 1.165) is 26.7 Å². The SMILES string of the molecule is CN(Cc1cc(Br)cc(Br)c1NC1O[C@@H]([C@H](O)CO)[C@@H](O)[C@H]1O)C1CCCCC1. The predicted molar refractivity (Wildman–Crippen MR) is 118 cm³/mol. The monoisotopic (exact) mass is 536 g/mol. The average molecular weight is 538 g/mol. The Morgan fingerprint density at radius 3 is 2.52 bits per heavy atom. The molecule has 1 heterocycles. The molecule has 1 saturated heterocycles. The molecule has 0 radical (unpaired) electrons. The molecular formula is C20H30Br2N2O5. The van der Waals surface area contributed by atoms with Crippen molar-refractivity contribution in [2.24, 2.45) is 0 Å². The van der Waals surface area contributed by atoms with E-state index >= 15 is 0 Å². The van der Waals surface area contributed by atoms with Gasteiger partial charge in [-0.05, 0) is 53.5 Å². The maximum Gasteiger partial charge on any atom is 0.157 e. The minimum atomic E-state index is -1.29. The number of anilines is 1. The summed E-state index contributed by atoms with van der Waals surface area (Å²) < 4.78 is 7.37. The quantitative estimate of drug-likeness (QED) is 0.363. The molecule has 29 heavy (non-hydrogen) atoms. The summed E-state index contributed by atoms with van der Waals surface area (Å²) in [5, 5.41) is 42.8. The molecule has 0 spiro atoms. The van der Waals surface area contributed by atoms with Crippen LogP contribution in [0.4, 0.5) is 5.69 Å². The van der Waals surface area contributed by atoms with E-state index in [2.05, 4.69) is 49.1 Å². The standard InChI is InChI=1S/C20H30Br2N2O5/c1-24(13-5-3-2-4-6-13)9-11-7-12(21)8-14(22)16(11)23-20-18(28)17(27)19(29-20)15(26)10-25/h7-8,13,15,17-20,23,25-28H,2-6,9-10H2,1H3/t15-,17+,18-,19+,20?/m1/s1. The van der Waals surface area contributed by atoms with Gasteiger partial charge in [-0.3, -0.25) is 4.90 Å². The molecule has 9 heteroatoms. The van der Waals surface area contributed by atoms with Crippen LogP contribution in [0, 0.1) is 0 Å². The van der Waals surface area contributed by atoms with Crippen molar-refractivity contribution >= 4 is 37.5 Å². The van der Waals surface area contributed by atoms with Gasteiger partial charge >= 0.3 is 0 Å². The van der Waals surface area contributed by atoms with Gasteiger partial charge < -0.3 is 30.5 Å². The summed E-state index contributed by atoms with van der Waals surface area (Å²) in [6, 6.07) is 4.49. The number of hydrogen-bond donors (Lipinski definition) is 5. The molecule has 1 unspecified atom stereocenters. The summed E-state index contributed by atoms with van der Waals surface area (Å²) in [5.41, 5.74) is 1.79. The van der Waals surface area contributed by atoms with Gasteiger partial charge in [-0.15, -0.1) is 0 Å². The van der Waals surface area contributed by atoms with E-state index in [4.69, 9.17) is 9.84 Å². The van der Waals surface area contributed by atoms with Gasteiger partial charge in [0.2, 0.25) is 0 Å². The second-order valence-corrected chi connectivity index (χ2v) is 9.80. The largest absolute Gasteiger partial charge is 0.394 e. The third-order valence-electron chi connectivity index (χ3n) is 5.91. The molecular weight excluding hydrogens is 508 g/mol. The van der Waals surface area contributed by atoms with Gasteiger partial charge in [0.25, 0.3) is 0 Å². The molecule has 5 atom stereocenters. The second-order valence-electron chi connectivity index (χ2n) is 8.03. The molecule has 2 aliphatic rings. The van der Waals surface area contributed by atoms with Crippen LogP contribution in [0.3, 0.4) is 0 Å². The van der Waals surface area contributed by atoms with Gasteiger partial charge in [-0.25, -0.2) is 0 Å². The maximum atomic E-state index is 10.4. The minimum absolute atomic E-state index is 0.550. The third-order valence-corrected chi connectivity index (χ3v) is 6.99. The summed E-state index contributed by atoms with van der Waals surface area (Å²) in [4.78, 5) is 2.36. The molecule has 5 N–H and O–H groups in total. The van der Waals surface area contributed by atoms with Crippen molar-refractivity contribution in [1.82, 2.24) is 4.90 Å². The summed E-state index contributed by atoms with van der Waals surface area (Å²) in [7, 11) is 2.13. The second kappa shape index (κ2) is 10.4. The van der Waals surface area contributed by atoms with Crippen molar-refractivity contribution in [3.63, 3.8) is 0 Å². The normalized spacial score (nSPS) is 29.4. The number of ether oxygens (including phenoxy) is 1. The lowest BCUT2D eigenvalue weighted by molar-refractivity contribution is -0.0774. The fourth-order valence-electron chi connectivity index (χ4n) is 4.22. The maximum absolute atomic E-state index is 10.4. The Labute approximate surface area is 188 Å². The molecule has 1 saturated carbocycles. The van der Waals surface area contributed by atoms with E-state index in [1.54, 1.807) is 0 Å². The van der Waals surface area contributed by atoms with E-state index in [-0.39, 0.29) is 0 Å². The van der Waals surface area contributed by atoms with E-state index in [1.165, 1.54) is 32.1 Å². The van der Waals surface area contributed by atoms with Crippen molar-refractivity contribution in [2.45, 2.75) is 75.3 Å². The van der Waals surface area contributed by atoms with Crippen LogP contribution in [0.2, 0.25) is 0 Å². The first-order valence-electron chi connectivity index (χ1n) is 10.1. The molecule has 164 valence electrons. The number of rotatable bonds is 7.